The lowest BCUT2D eigenvalue weighted by atomic mass is 10.2. The van der Waals surface area contributed by atoms with Crippen LogP contribution in [-0.4, -0.2) is 19.5 Å². The molecule has 2 aromatic heterocycles. The van der Waals surface area contributed by atoms with Gasteiger partial charge in [-0.3, -0.25) is 0 Å². The maximum absolute atomic E-state index is 5.58. The quantitative estimate of drug-likeness (QED) is 0.838. The van der Waals surface area contributed by atoms with Crippen molar-refractivity contribution in [3.8, 4) is 0 Å². The minimum absolute atomic E-state index is 0.315. The molecule has 16 heavy (non-hydrogen) atoms. The predicted molar refractivity (Wildman–Crippen MR) is 61.9 cm³/mol. The molecule has 0 saturated carbocycles. The zero-order chi connectivity index (χ0) is 11.5. The molecule has 5 nitrogen and oxygen atoms in total. The predicted octanol–water partition coefficient (Wildman–Crippen LogP) is 1.17. The first-order chi connectivity index (χ1) is 7.70. The highest BCUT2D eigenvalue weighted by Crippen LogP contribution is 2.10. The summed E-state index contributed by atoms with van der Waals surface area (Å²) >= 11 is 0. The van der Waals surface area contributed by atoms with E-state index in [0.717, 1.165) is 23.6 Å². The van der Waals surface area contributed by atoms with Crippen molar-refractivity contribution in [3.05, 3.63) is 35.7 Å². The van der Waals surface area contributed by atoms with Crippen LogP contribution in [-0.2, 0) is 13.0 Å². The molecular weight excluding hydrogens is 202 g/mol. The van der Waals surface area contributed by atoms with Crippen LogP contribution in [0.3, 0.4) is 0 Å². The fraction of sp³-hybridized carbons (Fsp3) is 0.364. The summed E-state index contributed by atoms with van der Waals surface area (Å²) in [5.74, 6) is 1.32. The molecule has 2 N–H and O–H groups in total. The number of aryl methyl sites for hydroxylation is 2. The molecule has 0 saturated heterocycles. The minimum atomic E-state index is 0.315. The van der Waals surface area contributed by atoms with Crippen LogP contribution in [0.15, 0.2) is 18.6 Å². The molecule has 5 heteroatoms. The van der Waals surface area contributed by atoms with Gasteiger partial charge in [-0.1, -0.05) is 0 Å². The number of hydrogen-bond acceptors (Lipinski definition) is 4. The normalized spacial score (nSPS) is 10.6. The average molecular weight is 217 g/mol. The van der Waals surface area contributed by atoms with E-state index in [4.69, 9.17) is 5.73 Å². The highest BCUT2D eigenvalue weighted by atomic mass is 15.1. The standard InChI is InChI=1S/C11H15N5/c1-3-16-5-4-13-10(16)6-9-8(2)7-14-11(12)15-9/h4-5,7H,3,6H2,1-2H3,(H2,12,14,15). The van der Waals surface area contributed by atoms with E-state index >= 15 is 0 Å². The maximum Gasteiger partial charge on any atom is 0.220 e. The topological polar surface area (TPSA) is 69.6 Å². The van der Waals surface area contributed by atoms with Gasteiger partial charge < -0.3 is 10.3 Å². The Morgan fingerprint density at radius 1 is 1.38 bits per heavy atom. The van der Waals surface area contributed by atoms with Gasteiger partial charge in [0.25, 0.3) is 0 Å². The van der Waals surface area contributed by atoms with Gasteiger partial charge in [-0.2, -0.15) is 0 Å². The number of nitrogens with two attached hydrogens (primary N) is 1. The zero-order valence-electron chi connectivity index (χ0n) is 9.51. The van der Waals surface area contributed by atoms with E-state index in [0.29, 0.717) is 12.4 Å². The van der Waals surface area contributed by atoms with Crippen molar-refractivity contribution in [2.24, 2.45) is 0 Å². The van der Waals surface area contributed by atoms with E-state index in [-0.39, 0.29) is 0 Å². The fourth-order valence-corrected chi connectivity index (χ4v) is 1.62. The van der Waals surface area contributed by atoms with Gasteiger partial charge in [0, 0.05) is 31.6 Å². The van der Waals surface area contributed by atoms with Gasteiger partial charge >= 0.3 is 0 Å². The molecule has 0 aromatic carbocycles. The molecule has 0 unspecified atom stereocenters. The Hall–Kier alpha value is -1.91. The SMILES string of the molecule is CCn1ccnc1Cc1nc(N)ncc1C. The molecule has 0 fully saturated rings. The molecule has 2 heterocycles. The van der Waals surface area contributed by atoms with Crippen molar-refractivity contribution in [2.75, 3.05) is 5.73 Å². The Morgan fingerprint density at radius 2 is 2.19 bits per heavy atom. The molecule has 2 aromatic rings. The van der Waals surface area contributed by atoms with Crippen molar-refractivity contribution < 1.29 is 0 Å². The number of imidazole rings is 1. The monoisotopic (exact) mass is 217 g/mol. The highest BCUT2D eigenvalue weighted by molar-refractivity contribution is 5.26. The maximum atomic E-state index is 5.58. The van der Waals surface area contributed by atoms with Gasteiger partial charge in [0.1, 0.15) is 5.82 Å². The Balaban J connectivity index is 2.30. The minimum Gasteiger partial charge on any atom is -0.368 e. The average Bonchev–Trinajstić information content (AvgIpc) is 2.71. The Bertz CT molecular complexity index is 489. The molecular formula is C11H15N5. The zero-order valence-corrected chi connectivity index (χ0v) is 9.51. The van der Waals surface area contributed by atoms with Crippen molar-refractivity contribution in [1.29, 1.82) is 0 Å². The van der Waals surface area contributed by atoms with Crippen molar-refractivity contribution >= 4 is 5.95 Å². The third-order valence-corrected chi connectivity index (χ3v) is 2.56. The van der Waals surface area contributed by atoms with Gasteiger partial charge in [-0.25, -0.2) is 15.0 Å². The van der Waals surface area contributed by atoms with Crippen LogP contribution in [0, 0.1) is 6.92 Å². The first kappa shape index (κ1) is 10.6. The Kier molecular flexibility index (Phi) is 2.85. The molecule has 0 atom stereocenters. The number of nitrogen functional groups attached to an aromatic ring is 1. The van der Waals surface area contributed by atoms with Crippen molar-refractivity contribution in [3.63, 3.8) is 0 Å². The van der Waals surface area contributed by atoms with Crippen LogP contribution < -0.4 is 5.73 Å². The Labute approximate surface area is 94.4 Å². The second kappa shape index (κ2) is 4.30. The molecule has 0 aliphatic heterocycles. The molecule has 0 aliphatic carbocycles. The number of rotatable bonds is 3. The van der Waals surface area contributed by atoms with Crippen molar-refractivity contribution in [2.45, 2.75) is 26.8 Å². The fourth-order valence-electron chi connectivity index (χ4n) is 1.62. The largest absolute Gasteiger partial charge is 0.368 e. The van der Waals surface area contributed by atoms with E-state index in [1.165, 1.54) is 0 Å². The molecule has 0 spiro atoms. The van der Waals surface area contributed by atoms with E-state index in [2.05, 4.69) is 26.4 Å². The molecule has 0 radical (unpaired) electrons. The van der Waals surface area contributed by atoms with Gasteiger partial charge in [0.05, 0.1) is 5.69 Å². The van der Waals surface area contributed by atoms with Crippen LogP contribution >= 0.6 is 0 Å². The first-order valence-electron chi connectivity index (χ1n) is 5.28. The van der Waals surface area contributed by atoms with E-state index < -0.39 is 0 Å². The Morgan fingerprint density at radius 3 is 2.94 bits per heavy atom. The summed E-state index contributed by atoms with van der Waals surface area (Å²) in [7, 11) is 0. The molecule has 84 valence electrons. The van der Waals surface area contributed by atoms with E-state index in [1.54, 1.807) is 12.4 Å². The summed E-state index contributed by atoms with van der Waals surface area (Å²) in [5, 5.41) is 0. The molecule has 0 bridgehead atoms. The third kappa shape index (κ3) is 2.03. The molecule has 2 rings (SSSR count). The summed E-state index contributed by atoms with van der Waals surface area (Å²) in [6.07, 6.45) is 6.21. The second-order valence-corrected chi connectivity index (χ2v) is 3.66. The van der Waals surface area contributed by atoms with Crippen LogP contribution in [0.25, 0.3) is 0 Å². The van der Waals surface area contributed by atoms with Gasteiger partial charge in [-0.15, -0.1) is 0 Å². The highest BCUT2D eigenvalue weighted by Gasteiger charge is 2.07. The van der Waals surface area contributed by atoms with Crippen LogP contribution in [0.1, 0.15) is 24.0 Å². The molecule has 0 amide bonds. The number of aromatic nitrogens is 4. The summed E-state index contributed by atoms with van der Waals surface area (Å²) in [6, 6.07) is 0. The lowest BCUT2D eigenvalue weighted by Gasteiger charge is -2.06. The van der Waals surface area contributed by atoms with Crippen LogP contribution in [0.2, 0.25) is 0 Å². The number of nitrogens with zero attached hydrogens (tertiary/aromatic N) is 4. The van der Waals surface area contributed by atoms with Crippen LogP contribution in [0.4, 0.5) is 5.95 Å². The van der Waals surface area contributed by atoms with Gasteiger partial charge in [-0.05, 0) is 19.4 Å². The van der Waals surface area contributed by atoms with Crippen LogP contribution in [0.5, 0.6) is 0 Å². The second-order valence-electron chi connectivity index (χ2n) is 3.66. The van der Waals surface area contributed by atoms with Crippen molar-refractivity contribution in [1.82, 2.24) is 19.5 Å². The van der Waals surface area contributed by atoms with E-state index in [9.17, 15) is 0 Å². The van der Waals surface area contributed by atoms with Gasteiger partial charge in [0.15, 0.2) is 0 Å². The molecule has 0 aliphatic rings. The number of anilines is 1. The lowest BCUT2D eigenvalue weighted by Crippen LogP contribution is -2.06. The number of hydrogen-bond donors (Lipinski definition) is 1. The third-order valence-electron chi connectivity index (χ3n) is 2.56. The summed E-state index contributed by atoms with van der Waals surface area (Å²) in [5.41, 5.74) is 7.56. The smallest absolute Gasteiger partial charge is 0.220 e. The summed E-state index contributed by atoms with van der Waals surface area (Å²) in [4.78, 5) is 12.5. The first-order valence-corrected chi connectivity index (χ1v) is 5.28. The summed E-state index contributed by atoms with van der Waals surface area (Å²) in [6.45, 7) is 4.98. The summed E-state index contributed by atoms with van der Waals surface area (Å²) < 4.78 is 2.09. The van der Waals surface area contributed by atoms with Gasteiger partial charge in [0.2, 0.25) is 5.95 Å². The van der Waals surface area contributed by atoms with E-state index in [1.807, 2.05) is 13.1 Å². The lowest BCUT2D eigenvalue weighted by molar-refractivity contribution is 0.707.